The minimum absolute atomic E-state index is 0.700. The Bertz CT molecular complexity index is 913. The zero-order chi connectivity index (χ0) is 19.2. The Kier molecular flexibility index (Phi) is 6.75. The van der Waals surface area contributed by atoms with Gasteiger partial charge in [0.05, 0.1) is 23.8 Å². The molecule has 0 unspecified atom stereocenters. The van der Waals surface area contributed by atoms with E-state index in [4.69, 9.17) is 21.3 Å². The Hall–Kier alpha value is -2.04. The zero-order valence-corrected chi connectivity index (χ0v) is 17.1. The number of rotatable bonds is 9. The number of fused-ring (bicyclic) bond motifs is 2. The van der Waals surface area contributed by atoms with Crippen LogP contribution in [0.25, 0.3) is 21.8 Å². The standard InChI is InChI=1S/C22H28ClN3O/c1-4-5-12-26(2)13-6-11-24-22-18-9-7-16(23)14-21(18)25-20-10-8-17(27-3)15-19(20)22/h7-10,14-15H,4-6,11-13H2,1-3H3,(H,24,25). The van der Waals surface area contributed by atoms with E-state index in [0.29, 0.717) is 5.02 Å². The molecule has 0 saturated carbocycles. The van der Waals surface area contributed by atoms with Gasteiger partial charge in [0.15, 0.2) is 0 Å². The van der Waals surface area contributed by atoms with Gasteiger partial charge in [-0.05, 0) is 69.4 Å². The summed E-state index contributed by atoms with van der Waals surface area (Å²) >= 11 is 6.19. The Morgan fingerprint density at radius 3 is 2.63 bits per heavy atom. The van der Waals surface area contributed by atoms with Crippen LogP contribution in [-0.4, -0.2) is 43.7 Å². The number of halogens is 1. The van der Waals surface area contributed by atoms with E-state index in [1.165, 1.54) is 12.8 Å². The molecule has 0 bridgehead atoms. The van der Waals surface area contributed by atoms with Crippen molar-refractivity contribution in [2.75, 3.05) is 39.1 Å². The van der Waals surface area contributed by atoms with E-state index >= 15 is 0 Å². The summed E-state index contributed by atoms with van der Waals surface area (Å²) in [6, 6.07) is 11.9. The highest BCUT2D eigenvalue weighted by atomic mass is 35.5. The number of benzene rings is 2. The Morgan fingerprint density at radius 1 is 1.04 bits per heavy atom. The summed E-state index contributed by atoms with van der Waals surface area (Å²) in [5, 5.41) is 6.50. The van der Waals surface area contributed by atoms with E-state index in [2.05, 4.69) is 24.2 Å². The lowest BCUT2D eigenvalue weighted by Gasteiger charge is -2.17. The summed E-state index contributed by atoms with van der Waals surface area (Å²) in [7, 11) is 3.88. The summed E-state index contributed by atoms with van der Waals surface area (Å²) in [4.78, 5) is 7.18. The van der Waals surface area contributed by atoms with Crippen LogP contribution in [0.1, 0.15) is 26.2 Å². The van der Waals surface area contributed by atoms with Crippen LogP contribution < -0.4 is 10.1 Å². The zero-order valence-electron chi connectivity index (χ0n) is 16.4. The molecule has 0 aliphatic carbocycles. The first-order valence-corrected chi connectivity index (χ1v) is 9.99. The van der Waals surface area contributed by atoms with Crippen LogP contribution >= 0.6 is 11.6 Å². The number of hydrogen-bond donors (Lipinski definition) is 1. The maximum atomic E-state index is 6.19. The maximum Gasteiger partial charge on any atom is 0.119 e. The van der Waals surface area contributed by atoms with Crippen LogP contribution in [-0.2, 0) is 0 Å². The molecule has 0 atom stereocenters. The van der Waals surface area contributed by atoms with Gasteiger partial charge in [-0.1, -0.05) is 24.9 Å². The first-order valence-electron chi connectivity index (χ1n) is 9.61. The van der Waals surface area contributed by atoms with E-state index in [1.54, 1.807) is 7.11 Å². The molecule has 5 heteroatoms. The fourth-order valence-corrected chi connectivity index (χ4v) is 3.48. The molecule has 0 radical (unpaired) electrons. The number of pyridine rings is 1. The smallest absolute Gasteiger partial charge is 0.119 e. The number of nitrogens with one attached hydrogen (secondary N) is 1. The van der Waals surface area contributed by atoms with Crippen LogP contribution in [0.5, 0.6) is 5.75 Å². The fourth-order valence-electron chi connectivity index (χ4n) is 3.32. The predicted octanol–water partition coefficient (Wildman–Crippen LogP) is 5.58. The molecule has 4 nitrogen and oxygen atoms in total. The number of aromatic nitrogens is 1. The van der Waals surface area contributed by atoms with Crippen LogP contribution in [0.3, 0.4) is 0 Å². The van der Waals surface area contributed by atoms with Crippen molar-refractivity contribution < 1.29 is 4.74 Å². The molecule has 0 saturated heterocycles. The molecule has 0 amide bonds. The minimum Gasteiger partial charge on any atom is -0.497 e. The number of ether oxygens (including phenoxy) is 1. The lowest BCUT2D eigenvalue weighted by Crippen LogP contribution is -2.22. The number of anilines is 1. The molecule has 0 spiro atoms. The van der Waals surface area contributed by atoms with Crippen molar-refractivity contribution in [1.82, 2.24) is 9.88 Å². The number of unbranched alkanes of at least 4 members (excludes halogenated alkanes) is 1. The normalized spacial score (nSPS) is 11.4. The van der Waals surface area contributed by atoms with Crippen LogP contribution in [0.4, 0.5) is 5.69 Å². The largest absolute Gasteiger partial charge is 0.497 e. The van der Waals surface area contributed by atoms with E-state index in [9.17, 15) is 0 Å². The molecule has 0 fully saturated rings. The first kappa shape index (κ1) is 19.7. The minimum atomic E-state index is 0.700. The number of nitrogens with zero attached hydrogens (tertiary/aromatic N) is 2. The molecule has 1 heterocycles. The molecular weight excluding hydrogens is 358 g/mol. The van der Waals surface area contributed by atoms with Crippen molar-refractivity contribution in [3.05, 3.63) is 41.4 Å². The van der Waals surface area contributed by atoms with Gasteiger partial charge in [0.1, 0.15) is 5.75 Å². The van der Waals surface area contributed by atoms with Gasteiger partial charge in [-0.25, -0.2) is 4.98 Å². The van der Waals surface area contributed by atoms with Gasteiger partial charge in [-0.15, -0.1) is 0 Å². The van der Waals surface area contributed by atoms with Crippen molar-refractivity contribution in [3.63, 3.8) is 0 Å². The quantitative estimate of drug-likeness (QED) is 0.385. The van der Waals surface area contributed by atoms with E-state index in [0.717, 1.165) is 59.3 Å². The molecule has 27 heavy (non-hydrogen) atoms. The fraction of sp³-hybridized carbons (Fsp3) is 0.409. The molecule has 1 aromatic heterocycles. The van der Waals surface area contributed by atoms with Crippen molar-refractivity contribution in [3.8, 4) is 5.75 Å². The maximum absolute atomic E-state index is 6.19. The van der Waals surface area contributed by atoms with E-state index < -0.39 is 0 Å². The summed E-state index contributed by atoms with van der Waals surface area (Å²) in [6.07, 6.45) is 3.58. The average Bonchev–Trinajstić information content (AvgIpc) is 2.68. The number of hydrogen-bond acceptors (Lipinski definition) is 4. The van der Waals surface area contributed by atoms with Gasteiger partial charge in [0.25, 0.3) is 0 Å². The highest BCUT2D eigenvalue weighted by Crippen LogP contribution is 2.34. The Morgan fingerprint density at radius 2 is 1.85 bits per heavy atom. The van der Waals surface area contributed by atoms with Crippen molar-refractivity contribution in [2.45, 2.75) is 26.2 Å². The molecular formula is C22H28ClN3O. The topological polar surface area (TPSA) is 37.4 Å². The van der Waals surface area contributed by atoms with Gasteiger partial charge in [0, 0.05) is 22.3 Å². The second kappa shape index (κ2) is 9.25. The van der Waals surface area contributed by atoms with Crippen molar-refractivity contribution in [2.24, 2.45) is 0 Å². The molecule has 3 aromatic rings. The Labute approximate surface area is 166 Å². The van der Waals surface area contributed by atoms with Gasteiger partial charge in [-0.3, -0.25) is 0 Å². The third-order valence-electron chi connectivity index (χ3n) is 4.85. The highest BCUT2D eigenvalue weighted by Gasteiger charge is 2.11. The van der Waals surface area contributed by atoms with Crippen LogP contribution in [0.15, 0.2) is 36.4 Å². The summed E-state index contributed by atoms with van der Waals surface area (Å²) < 4.78 is 5.42. The van der Waals surface area contributed by atoms with Gasteiger partial charge >= 0.3 is 0 Å². The summed E-state index contributed by atoms with van der Waals surface area (Å²) in [5.41, 5.74) is 2.94. The average molecular weight is 386 g/mol. The first-order chi connectivity index (χ1) is 13.1. The molecule has 1 N–H and O–H groups in total. The monoisotopic (exact) mass is 385 g/mol. The number of methoxy groups -OCH3 is 1. The molecule has 0 aliphatic heterocycles. The predicted molar refractivity (Wildman–Crippen MR) is 116 cm³/mol. The van der Waals surface area contributed by atoms with Gasteiger partial charge < -0.3 is 15.0 Å². The SMILES string of the molecule is CCCCN(C)CCCNc1c2ccc(Cl)cc2nc2ccc(OC)cc12. The lowest BCUT2D eigenvalue weighted by atomic mass is 10.1. The summed E-state index contributed by atoms with van der Waals surface area (Å²) in [6.45, 7) is 5.39. The van der Waals surface area contributed by atoms with Crippen molar-refractivity contribution in [1.29, 1.82) is 0 Å². The molecule has 2 aromatic carbocycles. The third-order valence-corrected chi connectivity index (χ3v) is 5.09. The lowest BCUT2D eigenvalue weighted by molar-refractivity contribution is 0.327. The second-order valence-electron chi connectivity index (χ2n) is 6.97. The molecule has 3 rings (SSSR count). The van der Waals surface area contributed by atoms with Crippen LogP contribution in [0.2, 0.25) is 5.02 Å². The van der Waals surface area contributed by atoms with Crippen LogP contribution in [0, 0.1) is 0 Å². The molecule has 144 valence electrons. The molecule has 0 aliphatic rings. The third kappa shape index (κ3) is 4.82. The van der Waals surface area contributed by atoms with Gasteiger partial charge in [-0.2, -0.15) is 0 Å². The van der Waals surface area contributed by atoms with E-state index in [1.807, 2.05) is 36.4 Å². The Balaban J connectivity index is 1.86. The van der Waals surface area contributed by atoms with E-state index in [-0.39, 0.29) is 0 Å². The summed E-state index contributed by atoms with van der Waals surface area (Å²) in [5.74, 6) is 0.833. The van der Waals surface area contributed by atoms with Gasteiger partial charge in [0.2, 0.25) is 0 Å². The highest BCUT2D eigenvalue weighted by molar-refractivity contribution is 6.31. The second-order valence-corrected chi connectivity index (χ2v) is 7.40. The van der Waals surface area contributed by atoms with Crippen molar-refractivity contribution >= 4 is 39.1 Å².